The molecular formula is C13H20ClN3O. The van der Waals surface area contributed by atoms with Gasteiger partial charge in [-0.25, -0.2) is 4.98 Å². The van der Waals surface area contributed by atoms with Crippen molar-refractivity contribution < 1.29 is 4.79 Å². The van der Waals surface area contributed by atoms with Gasteiger partial charge in [-0.3, -0.25) is 4.79 Å². The van der Waals surface area contributed by atoms with Gasteiger partial charge in [0.2, 0.25) is 0 Å². The Labute approximate surface area is 114 Å². The summed E-state index contributed by atoms with van der Waals surface area (Å²) in [5.74, 6) is -0.0544. The quantitative estimate of drug-likeness (QED) is 0.743. The molecule has 0 atom stereocenters. The first kappa shape index (κ1) is 14.9. The van der Waals surface area contributed by atoms with Crippen molar-refractivity contribution in [2.24, 2.45) is 0 Å². The van der Waals surface area contributed by atoms with Crippen LogP contribution >= 0.6 is 11.6 Å². The number of likely N-dealkylation sites (N-methyl/N-ethyl adjacent to an activating group) is 1. The predicted molar refractivity (Wildman–Crippen MR) is 74.0 cm³/mol. The smallest absolute Gasteiger partial charge is 0.272 e. The van der Waals surface area contributed by atoms with Crippen LogP contribution in [0.1, 0.15) is 23.8 Å². The van der Waals surface area contributed by atoms with Crippen molar-refractivity contribution in [3.63, 3.8) is 0 Å². The molecule has 100 valence electrons. The highest BCUT2D eigenvalue weighted by Crippen LogP contribution is 2.08. The van der Waals surface area contributed by atoms with Crippen molar-refractivity contribution in [1.29, 1.82) is 0 Å². The molecule has 0 unspecified atom stereocenters. The first-order valence-corrected chi connectivity index (χ1v) is 6.49. The van der Waals surface area contributed by atoms with Crippen LogP contribution in [0.3, 0.4) is 0 Å². The monoisotopic (exact) mass is 269 g/mol. The number of aromatic nitrogens is 1. The Kier molecular flexibility index (Phi) is 6.09. The van der Waals surface area contributed by atoms with Gasteiger partial charge >= 0.3 is 0 Å². The lowest BCUT2D eigenvalue weighted by Crippen LogP contribution is -2.37. The molecular weight excluding hydrogens is 250 g/mol. The van der Waals surface area contributed by atoms with E-state index in [0.717, 1.165) is 19.5 Å². The number of amides is 1. The fraction of sp³-hybridized carbons (Fsp3) is 0.538. The number of carbonyl (C=O) groups excluding carboxylic acids is 1. The average molecular weight is 270 g/mol. The van der Waals surface area contributed by atoms with Crippen molar-refractivity contribution >= 4 is 17.5 Å². The standard InChI is InChI=1S/C13H20ClN3O/c1-4-8-17(10-9-16(2)3)13(18)11-6-5-7-12(14)15-11/h5-7H,4,8-10H2,1-3H3. The Morgan fingerprint density at radius 1 is 1.28 bits per heavy atom. The van der Waals surface area contributed by atoms with Crippen molar-refractivity contribution in [2.75, 3.05) is 33.7 Å². The van der Waals surface area contributed by atoms with E-state index in [1.54, 1.807) is 18.2 Å². The summed E-state index contributed by atoms with van der Waals surface area (Å²) >= 11 is 5.81. The second kappa shape index (κ2) is 7.34. The van der Waals surface area contributed by atoms with Gasteiger partial charge in [0.05, 0.1) is 0 Å². The Balaban J connectivity index is 2.75. The summed E-state index contributed by atoms with van der Waals surface area (Å²) in [5, 5.41) is 0.352. The average Bonchev–Trinajstić information content (AvgIpc) is 2.33. The molecule has 0 saturated heterocycles. The van der Waals surface area contributed by atoms with E-state index < -0.39 is 0 Å². The lowest BCUT2D eigenvalue weighted by Gasteiger charge is -2.23. The Hall–Kier alpha value is -1.13. The molecule has 5 heteroatoms. The fourth-order valence-corrected chi connectivity index (χ4v) is 1.76. The number of rotatable bonds is 6. The van der Waals surface area contributed by atoms with Crippen LogP contribution in [0.25, 0.3) is 0 Å². The largest absolute Gasteiger partial charge is 0.336 e. The molecule has 1 amide bonds. The number of carbonyl (C=O) groups is 1. The maximum absolute atomic E-state index is 12.3. The highest BCUT2D eigenvalue weighted by atomic mass is 35.5. The van der Waals surface area contributed by atoms with Crippen molar-refractivity contribution in [1.82, 2.24) is 14.8 Å². The van der Waals surface area contributed by atoms with E-state index >= 15 is 0 Å². The third kappa shape index (κ3) is 4.63. The van der Waals surface area contributed by atoms with Gasteiger partial charge in [0.25, 0.3) is 5.91 Å². The van der Waals surface area contributed by atoms with Crippen LogP contribution in [-0.4, -0.2) is 54.4 Å². The molecule has 0 spiro atoms. The number of hydrogen-bond donors (Lipinski definition) is 0. The topological polar surface area (TPSA) is 36.4 Å². The maximum Gasteiger partial charge on any atom is 0.272 e. The first-order chi connectivity index (χ1) is 8.54. The summed E-state index contributed by atoms with van der Waals surface area (Å²) in [5.41, 5.74) is 0.412. The highest BCUT2D eigenvalue weighted by molar-refractivity contribution is 6.29. The molecule has 0 bridgehead atoms. The number of pyridine rings is 1. The van der Waals surface area contributed by atoms with Gasteiger partial charge in [-0.2, -0.15) is 0 Å². The minimum absolute atomic E-state index is 0.0544. The Morgan fingerprint density at radius 2 is 2.00 bits per heavy atom. The third-order valence-electron chi connectivity index (χ3n) is 2.53. The lowest BCUT2D eigenvalue weighted by atomic mass is 10.3. The van der Waals surface area contributed by atoms with Crippen LogP contribution in [0.5, 0.6) is 0 Å². The van der Waals surface area contributed by atoms with Gasteiger partial charge in [-0.15, -0.1) is 0 Å². The zero-order valence-electron chi connectivity index (χ0n) is 11.2. The summed E-state index contributed by atoms with van der Waals surface area (Å²) in [6.45, 7) is 4.34. The van der Waals surface area contributed by atoms with Gasteiger partial charge < -0.3 is 9.80 Å². The zero-order valence-corrected chi connectivity index (χ0v) is 11.9. The lowest BCUT2D eigenvalue weighted by molar-refractivity contribution is 0.0739. The number of nitrogens with zero attached hydrogens (tertiary/aromatic N) is 3. The molecule has 18 heavy (non-hydrogen) atoms. The highest BCUT2D eigenvalue weighted by Gasteiger charge is 2.16. The summed E-state index contributed by atoms with van der Waals surface area (Å²) in [4.78, 5) is 20.2. The summed E-state index contributed by atoms with van der Waals surface area (Å²) < 4.78 is 0. The molecule has 0 aliphatic heterocycles. The van der Waals surface area contributed by atoms with Crippen LogP contribution in [0.4, 0.5) is 0 Å². The summed E-state index contributed by atoms with van der Waals surface area (Å²) in [7, 11) is 3.98. The Morgan fingerprint density at radius 3 is 2.56 bits per heavy atom. The van der Waals surface area contributed by atoms with Gasteiger partial charge in [0.1, 0.15) is 10.8 Å². The van der Waals surface area contributed by atoms with Crippen molar-refractivity contribution in [3.8, 4) is 0 Å². The zero-order chi connectivity index (χ0) is 13.5. The second-order valence-electron chi connectivity index (χ2n) is 4.44. The van der Waals surface area contributed by atoms with Gasteiger partial charge in [0.15, 0.2) is 0 Å². The van der Waals surface area contributed by atoms with Crippen LogP contribution < -0.4 is 0 Å². The molecule has 0 N–H and O–H groups in total. The predicted octanol–water partition coefficient (Wildman–Crippen LogP) is 2.15. The SMILES string of the molecule is CCCN(CCN(C)C)C(=O)c1cccc(Cl)n1. The van der Waals surface area contributed by atoms with Crippen LogP contribution in [0.2, 0.25) is 5.15 Å². The third-order valence-corrected chi connectivity index (χ3v) is 2.74. The van der Waals surface area contributed by atoms with Gasteiger partial charge in [-0.1, -0.05) is 24.6 Å². The summed E-state index contributed by atoms with van der Waals surface area (Å²) in [6, 6.07) is 5.12. The van der Waals surface area contributed by atoms with Gasteiger partial charge in [-0.05, 0) is 32.6 Å². The van der Waals surface area contributed by atoms with Crippen LogP contribution in [-0.2, 0) is 0 Å². The Bertz CT molecular complexity index is 396. The molecule has 1 aromatic rings. The van der Waals surface area contributed by atoms with Crippen LogP contribution in [0.15, 0.2) is 18.2 Å². The first-order valence-electron chi connectivity index (χ1n) is 6.11. The molecule has 0 fully saturated rings. The van der Waals surface area contributed by atoms with Crippen molar-refractivity contribution in [3.05, 3.63) is 29.0 Å². The molecule has 0 aliphatic carbocycles. The molecule has 4 nitrogen and oxygen atoms in total. The van der Waals surface area contributed by atoms with E-state index in [1.807, 2.05) is 19.0 Å². The fourth-order valence-electron chi connectivity index (χ4n) is 1.59. The second-order valence-corrected chi connectivity index (χ2v) is 4.83. The van der Waals surface area contributed by atoms with E-state index in [0.29, 0.717) is 17.4 Å². The molecule has 1 aromatic heterocycles. The van der Waals surface area contributed by atoms with E-state index in [-0.39, 0.29) is 5.91 Å². The minimum Gasteiger partial charge on any atom is -0.336 e. The molecule has 1 rings (SSSR count). The molecule has 0 aliphatic rings. The molecule has 1 heterocycles. The molecule has 0 radical (unpaired) electrons. The van der Waals surface area contributed by atoms with E-state index in [2.05, 4.69) is 16.8 Å². The van der Waals surface area contributed by atoms with E-state index in [9.17, 15) is 4.79 Å². The maximum atomic E-state index is 12.3. The minimum atomic E-state index is -0.0544. The van der Waals surface area contributed by atoms with E-state index in [4.69, 9.17) is 11.6 Å². The molecule has 0 aromatic carbocycles. The number of halogens is 1. The van der Waals surface area contributed by atoms with E-state index in [1.165, 1.54) is 0 Å². The number of hydrogen-bond acceptors (Lipinski definition) is 3. The molecule has 0 saturated carbocycles. The summed E-state index contributed by atoms with van der Waals surface area (Å²) in [6.07, 6.45) is 0.930. The van der Waals surface area contributed by atoms with Crippen LogP contribution in [0, 0.1) is 0 Å². The normalized spacial score (nSPS) is 10.7. The van der Waals surface area contributed by atoms with Crippen molar-refractivity contribution in [2.45, 2.75) is 13.3 Å². The van der Waals surface area contributed by atoms with Gasteiger partial charge in [0, 0.05) is 19.6 Å².